The van der Waals surface area contributed by atoms with Crippen molar-refractivity contribution < 1.29 is 13.2 Å². The molecule has 1 aliphatic heterocycles. The molecule has 6 heteroatoms. The van der Waals surface area contributed by atoms with Crippen LogP contribution in [0.3, 0.4) is 0 Å². The second kappa shape index (κ2) is 4.45. The highest BCUT2D eigenvalue weighted by Crippen LogP contribution is 2.27. The number of aromatic nitrogens is 2. The zero-order valence-corrected chi connectivity index (χ0v) is 8.80. The molecule has 1 aliphatic rings. The summed E-state index contributed by atoms with van der Waals surface area (Å²) in [6.07, 6.45) is 0.319. The Bertz CT molecular complexity index is 339. The average Bonchev–Trinajstić information content (AvgIpc) is 2.67. The van der Waals surface area contributed by atoms with E-state index in [1.54, 1.807) is 0 Å². The van der Waals surface area contributed by atoms with Gasteiger partial charge in [0.05, 0.1) is 6.54 Å². The Morgan fingerprint density at radius 2 is 2.25 bits per heavy atom. The molecule has 3 nitrogen and oxygen atoms in total. The van der Waals surface area contributed by atoms with Gasteiger partial charge >= 0.3 is 6.18 Å². The zero-order chi connectivity index (χ0) is 11.6. The Labute approximate surface area is 91.6 Å². The van der Waals surface area contributed by atoms with Gasteiger partial charge < -0.3 is 5.32 Å². The van der Waals surface area contributed by atoms with Gasteiger partial charge in [0.1, 0.15) is 0 Å². The van der Waals surface area contributed by atoms with Crippen LogP contribution < -0.4 is 5.32 Å². The lowest BCUT2D eigenvalue weighted by molar-refractivity contribution is -0.141. The lowest BCUT2D eigenvalue weighted by atomic mass is 10.1. The van der Waals surface area contributed by atoms with Crippen LogP contribution in [-0.2, 0) is 12.7 Å². The number of rotatable bonds is 2. The van der Waals surface area contributed by atoms with Crippen molar-refractivity contribution >= 4 is 0 Å². The first-order valence-corrected chi connectivity index (χ1v) is 5.40. The summed E-state index contributed by atoms with van der Waals surface area (Å²) in [7, 11) is 0. The van der Waals surface area contributed by atoms with Gasteiger partial charge in [-0.2, -0.15) is 18.3 Å². The lowest BCUT2D eigenvalue weighted by Crippen LogP contribution is -2.37. The highest BCUT2D eigenvalue weighted by atomic mass is 19.4. The van der Waals surface area contributed by atoms with Gasteiger partial charge in [-0.1, -0.05) is 6.42 Å². The van der Waals surface area contributed by atoms with Crippen molar-refractivity contribution in [1.29, 1.82) is 0 Å². The van der Waals surface area contributed by atoms with Crippen LogP contribution in [0.25, 0.3) is 0 Å². The minimum Gasteiger partial charge on any atom is -0.312 e. The zero-order valence-electron chi connectivity index (χ0n) is 8.80. The van der Waals surface area contributed by atoms with Crippen molar-refractivity contribution in [3.8, 4) is 0 Å². The van der Waals surface area contributed by atoms with Crippen LogP contribution in [0.1, 0.15) is 25.0 Å². The van der Waals surface area contributed by atoms with Gasteiger partial charge in [0.25, 0.3) is 0 Å². The summed E-state index contributed by atoms with van der Waals surface area (Å²) in [5.41, 5.74) is -0.816. The molecule has 1 saturated heterocycles. The molecule has 0 aromatic carbocycles. The van der Waals surface area contributed by atoms with Crippen molar-refractivity contribution in [2.24, 2.45) is 0 Å². The van der Waals surface area contributed by atoms with Gasteiger partial charge in [0.15, 0.2) is 5.69 Å². The van der Waals surface area contributed by atoms with Gasteiger partial charge in [-0.05, 0) is 25.5 Å². The van der Waals surface area contributed by atoms with Crippen LogP contribution in [0.4, 0.5) is 13.2 Å². The van der Waals surface area contributed by atoms with E-state index in [4.69, 9.17) is 0 Å². The highest BCUT2D eigenvalue weighted by molar-refractivity contribution is 5.03. The predicted octanol–water partition coefficient (Wildman–Crippen LogP) is 2.04. The summed E-state index contributed by atoms with van der Waals surface area (Å²) in [4.78, 5) is 0. The molecular weight excluding hydrogens is 219 g/mol. The molecule has 0 aliphatic carbocycles. The van der Waals surface area contributed by atoms with E-state index in [2.05, 4.69) is 10.4 Å². The first-order valence-electron chi connectivity index (χ1n) is 5.40. The number of hydrogen-bond acceptors (Lipinski definition) is 2. The number of piperidine rings is 1. The summed E-state index contributed by atoms with van der Waals surface area (Å²) in [5, 5.41) is 6.80. The molecule has 1 fully saturated rings. The van der Waals surface area contributed by atoms with Crippen LogP contribution in [0, 0.1) is 0 Å². The topological polar surface area (TPSA) is 29.9 Å². The molecule has 1 N–H and O–H groups in total. The first-order chi connectivity index (χ1) is 7.55. The molecule has 2 heterocycles. The van der Waals surface area contributed by atoms with Crippen molar-refractivity contribution in [2.75, 3.05) is 6.54 Å². The maximum Gasteiger partial charge on any atom is 0.435 e. The van der Waals surface area contributed by atoms with Crippen LogP contribution in [0.15, 0.2) is 12.3 Å². The molecule has 2 rings (SSSR count). The molecule has 1 atom stereocenters. The summed E-state index contributed by atoms with van der Waals surface area (Å²) in [6, 6.07) is 1.26. The average molecular weight is 233 g/mol. The molecule has 1 aromatic heterocycles. The third-order valence-electron chi connectivity index (χ3n) is 2.75. The highest BCUT2D eigenvalue weighted by Gasteiger charge is 2.33. The Kier molecular flexibility index (Phi) is 3.18. The fourth-order valence-corrected chi connectivity index (χ4v) is 1.92. The fourth-order valence-electron chi connectivity index (χ4n) is 1.92. The van der Waals surface area contributed by atoms with Crippen LogP contribution >= 0.6 is 0 Å². The third-order valence-corrected chi connectivity index (χ3v) is 2.75. The van der Waals surface area contributed by atoms with E-state index < -0.39 is 11.9 Å². The van der Waals surface area contributed by atoms with Gasteiger partial charge in [-0.3, -0.25) is 4.68 Å². The van der Waals surface area contributed by atoms with Gasteiger partial charge in [0.2, 0.25) is 0 Å². The van der Waals surface area contributed by atoms with Crippen molar-refractivity contribution in [3.05, 3.63) is 18.0 Å². The van der Waals surface area contributed by atoms with Crippen LogP contribution in [-0.4, -0.2) is 22.4 Å². The number of nitrogens with one attached hydrogen (secondary N) is 1. The quantitative estimate of drug-likeness (QED) is 0.847. The number of halogens is 3. The Morgan fingerprint density at radius 1 is 1.44 bits per heavy atom. The number of hydrogen-bond donors (Lipinski definition) is 1. The SMILES string of the molecule is FC(F)(F)c1ccn(C[C@@H]2CCCCN2)n1. The normalized spacial score (nSPS) is 22.3. The van der Waals surface area contributed by atoms with Gasteiger partial charge in [-0.15, -0.1) is 0 Å². The molecule has 16 heavy (non-hydrogen) atoms. The summed E-state index contributed by atoms with van der Waals surface area (Å²) >= 11 is 0. The summed E-state index contributed by atoms with van der Waals surface area (Å²) in [6.45, 7) is 1.45. The molecule has 0 spiro atoms. The van der Waals surface area contributed by atoms with E-state index in [9.17, 15) is 13.2 Å². The molecule has 1 aromatic rings. The maximum absolute atomic E-state index is 12.3. The van der Waals surface area contributed by atoms with E-state index in [-0.39, 0.29) is 6.04 Å². The molecular formula is C10H14F3N3. The van der Waals surface area contributed by atoms with Crippen molar-refractivity contribution in [1.82, 2.24) is 15.1 Å². The van der Waals surface area contributed by atoms with E-state index in [1.807, 2.05) is 0 Å². The molecule has 0 bridgehead atoms. The molecule has 0 saturated carbocycles. The maximum atomic E-state index is 12.3. The molecule has 0 unspecified atom stereocenters. The molecule has 0 amide bonds. The van der Waals surface area contributed by atoms with Crippen LogP contribution in [0.2, 0.25) is 0 Å². The van der Waals surface area contributed by atoms with Gasteiger partial charge in [0, 0.05) is 12.2 Å². The summed E-state index contributed by atoms with van der Waals surface area (Å²) < 4.78 is 38.2. The second-order valence-corrected chi connectivity index (χ2v) is 4.07. The Morgan fingerprint density at radius 3 is 2.81 bits per heavy atom. The van der Waals surface area contributed by atoms with Crippen LogP contribution in [0.5, 0.6) is 0 Å². The fraction of sp³-hybridized carbons (Fsp3) is 0.700. The minimum atomic E-state index is -4.34. The molecule has 0 radical (unpaired) electrons. The first kappa shape index (κ1) is 11.4. The van der Waals surface area contributed by atoms with Gasteiger partial charge in [-0.25, -0.2) is 0 Å². The monoisotopic (exact) mass is 233 g/mol. The second-order valence-electron chi connectivity index (χ2n) is 4.07. The summed E-state index contributed by atoms with van der Waals surface area (Å²) in [5.74, 6) is 0. The van der Waals surface area contributed by atoms with E-state index in [0.29, 0.717) is 6.54 Å². The molecule has 90 valence electrons. The van der Waals surface area contributed by atoms with E-state index >= 15 is 0 Å². The Balaban J connectivity index is 1.97. The van der Waals surface area contributed by atoms with E-state index in [0.717, 1.165) is 31.9 Å². The lowest BCUT2D eigenvalue weighted by Gasteiger charge is -2.23. The van der Waals surface area contributed by atoms with Crippen molar-refractivity contribution in [2.45, 2.75) is 38.0 Å². The van der Waals surface area contributed by atoms with E-state index in [1.165, 1.54) is 10.9 Å². The number of nitrogens with zero attached hydrogens (tertiary/aromatic N) is 2. The minimum absolute atomic E-state index is 0.245. The predicted molar refractivity (Wildman–Crippen MR) is 52.9 cm³/mol. The standard InChI is InChI=1S/C10H14F3N3/c11-10(12,13)9-4-6-16(15-9)7-8-3-1-2-5-14-8/h4,6,8,14H,1-3,5,7H2/t8-/m0/s1. The third kappa shape index (κ3) is 2.75. The largest absolute Gasteiger partial charge is 0.435 e. The van der Waals surface area contributed by atoms with Crippen molar-refractivity contribution in [3.63, 3.8) is 0 Å². The smallest absolute Gasteiger partial charge is 0.312 e. The number of alkyl halides is 3. The Hall–Kier alpha value is -1.04.